The van der Waals surface area contributed by atoms with Gasteiger partial charge in [0.05, 0.1) is 11.6 Å². The van der Waals surface area contributed by atoms with Gasteiger partial charge in [0, 0.05) is 6.54 Å². The molecule has 18 heavy (non-hydrogen) atoms. The number of alkyl halides is 1. The van der Waals surface area contributed by atoms with Gasteiger partial charge in [-0.3, -0.25) is 4.79 Å². The Balaban J connectivity index is 2.43. The molecule has 1 aromatic rings. The summed E-state index contributed by atoms with van der Waals surface area (Å²) in [5, 5.41) is 0. The van der Waals surface area contributed by atoms with Crippen LogP contribution in [0.4, 0.5) is 4.39 Å². The Morgan fingerprint density at radius 3 is 2.94 bits per heavy atom. The third kappa shape index (κ3) is 2.19. The minimum atomic E-state index is -0.524. The van der Waals surface area contributed by atoms with Crippen LogP contribution >= 0.6 is 0 Å². The first-order chi connectivity index (χ1) is 8.69. The van der Waals surface area contributed by atoms with Crippen LogP contribution in [0.1, 0.15) is 29.3 Å². The van der Waals surface area contributed by atoms with Crippen molar-refractivity contribution in [3.63, 3.8) is 0 Å². The van der Waals surface area contributed by atoms with Crippen molar-refractivity contribution in [2.24, 2.45) is 0 Å². The number of halogens is 1. The molecule has 0 fully saturated rings. The van der Waals surface area contributed by atoms with Gasteiger partial charge < -0.3 is 9.64 Å². The van der Waals surface area contributed by atoms with E-state index in [-0.39, 0.29) is 18.5 Å². The molecule has 2 rings (SSSR count). The number of fused-ring (bicyclic) bond motifs is 1. The fourth-order valence-electron chi connectivity index (χ4n) is 2.33. The van der Waals surface area contributed by atoms with Crippen LogP contribution in [0.5, 0.6) is 5.75 Å². The molecule has 0 saturated heterocycles. The molecule has 3 nitrogen and oxygen atoms in total. The van der Waals surface area contributed by atoms with Crippen molar-refractivity contribution in [1.29, 1.82) is 0 Å². The second kappa shape index (κ2) is 5.38. The molecule has 0 N–H and O–H groups in total. The van der Waals surface area contributed by atoms with Crippen molar-refractivity contribution in [3.05, 3.63) is 29.3 Å². The molecule has 0 bridgehead atoms. The maximum absolute atomic E-state index is 12.6. The molecule has 1 aliphatic heterocycles. The van der Waals surface area contributed by atoms with E-state index in [1.165, 1.54) is 0 Å². The number of amides is 1. The minimum Gasteiger partial charge on any atom is -0.491 e. The van der Waals surface area contributed by atoms with Crippen LogP contribution in [0, 0.1) is 6.92 Å². The van der Waals surface area contributed by atoms with E-state index in [4.69, 9.17) is 4.74 Å². The molecular formula is C14H18FNO2. The number of aryl methyl sites for hydroxylation is 1. The highest BCUT2D eigenvalue weighted by Crippen LogP contribution is 2.28. The SMILES string of the molecule is CCC1COc2cccc(C)c2C(=O)N1CCF. The van der Waals surface area contributed by atoms with Crippen molar-refractivity contribution in [2.75, 3.05) is 19.8 Å². The lowest BCUT2D eigenvalue weighted by molar-refractivity contribution is 0.0633. The zero-order chi connectivity index (χ0) is 13.1. The zero-order valence-electron chi connectivity index (χ0n) is 10.8. The maximum atomic E-state index is 12.6. The molecular weight excluding hydrogens is 233 g/mol. The van der Waals surface area contributed by atoms with Crippen LogP contribution in [0.25, 0.3) is 0 Å². The molecule has 1 atom stereocenters. The Bertz CT molecular complexity index is 447. The molecule has 0 aromatic heterocycles. The zero-order valence-corrected chi connectivity index (χ0v) is 10.8. The molecule has 1 unspecified atom stereocenters. The second-order valence-corrected chi connectivity index (χ2v) is 4.51. The molecule has 0 saturated carbocycles. The Morgan fingerprint density at radius 2 is 2.28 bits per heavy atom. The normalized spacial score (nSPS) is 19.2. The minimum absolute atomic E-state index is 0.0555. The predicted molar refractivity (Wildman–Crippen MR) is 67.8 cm³/mol. The van der Waals surface area contributed by atoms with E-state index >= 15 is 0 Å². The summed E-state index contributed by atoms with van der Waals surface area (Å²) in [5.74, 6) is 0.491. The number of rotatable bonds is 3. The Morgan fingerprint density at radius 1 is 1.50 bits per heavy atom. The first kappa shape index (κ1) is 12.9. The van der Waals surface area contributed by atoms with Gasteiger partial charge in [-0.2, -0.15) is 0 Å². The van der Waals surface area contributed by atoms with Crippen molar-refractivity contribution in [3.8, 4) is 5.75 Å². The van der Waals surface area contributed by atoms with E-state index in [0.717, 1.165) is 12.0 Å². The van der Waals surface area contributed by atoms with E-state index in [2.05, 4.69) is 0 Å². The molecule has 1 aliphatic rings. The Hall–Kier alpha value is -1.58. The fourth-order valence-corrected chi connectivity index (χ4v) is 2.33. The highest BCUT2D eigenvalue weighted by atomic mass is 19.1. The summed E-state index contributed by atoms with van der Waals surface area (Å²) in [6.45, 7) is 3.89. The average Bonchev–Trinajstić information content (AvgIpc) is 2.49. The van der Waals surface area contributed by atoms with Crippen LogP contribution < -0.4 is 4.74 Å². The van der Waals surface area contributed by atoms with Crippen LogP contribution in [0.2, 0.25) is 0 Å². The molecule has 1 aromatic carbocycles. The van der Waals surface area contributed by atoms with Crippen molar-refractivity contribution in [1.82, 2.24) is 4.90 Å². The number of nitrogens with zero attached hydrogens (tertiary/aromatic N) is 1. The van der Waals surface area contributed by atoms with Gasteiger partial charge in [0.25, 0.3) is 5.91 Å². The summed E-state index contributed by atoms with van der Waals surface area (Å²) >= 11 is 0. The highest BCUT2D eigenvalue weighted by Gasteiger charge is 2.30. The number of hydrogen-bond acceptors (Lipinski definition) is 2. The predicted octanol–water partition coefficient (Wildman–Crippen LogP) is 2.58. The summed E-state index contributed by atoms with van der Waals surface area (Å²) < 4.78 is 18.3. The third-order valence-electron chi connectivity index (χ3n) is 3.38. The first-order valence-electron chi connectivity index (χ1n) is 6.28. The molecule has 0 aliphatic carbocycles. The van der Waals surface area contributed by atoms with Gasteiger partial charge in [-0.1, -0.05) is 19.1 Å². The van der Waals surface area contributed by atoms with Gasteiger partial charge >= 0.3 is 0 Å². The Labute approximate surface area is 107 Å². The summed E-state index contributed by atoms with van der Waals surface area (Å²) in [5.41, 5.74) is 1.44. The number of benzene rings is 1. The number of carbonyl (C=O) groups excluding carboxylic acids is 1. The lowest BCUT2D eigenvalue weighted by atomic mass is 10.1. The number of carbonyl (C=O) groups is 1. The van der Waals surface area contributed by atoms with E-state index in [0.29, 0.717) is 17.9 Å². The van der Waals surface area contributed by atoms with Gasteiger partial charge in [0.1, 0.15) is 19.0 Å². The van der Waals surface area contributed by atoms with Gasteiger partial charge in [-0.15, -0.1) is 0 Å². The van der Waals surface area contributed by atoms with Crippen molar-refractivity contribution >= 4 is 5.91 Å². The monoisotopic (exact) mass is 251 g/mol. The summed E-state index contributed by atoms with van der Waals surface area (Å²) in [7, 11) is 0. The lowest BCUT2D eigenvalue weighted by Gasteiger charge is -2.27. The number of hydrogen-bond donors (Lipinski definition) is 0. The third-order valence-corrected chi connectivity index (χ3v) is 3.38. The van der Waals surface area contributed by atoms with E-state index < -0.39 is 6.67 Å². The highest BCUT2D eigenvalue weighted by molar-refractivity contribution is 5.98. The molecule has 1 amide bonds. The van der Waals surface area contributed by atoms with Gasteiger partial charge in [-0.05, 0) is 25.0 Å². The average molecular weight is 251 g/mol. The Kier molecular flexibility index (Phi) is 3.84. The van der Waals surface area contributed by atoms with Crippen LogP contribution in [-0.2, 0) is 0 Å². The molecule has 4 heteroatoms. The fraction of sp³-hybridized carbons (Fsp3) is 0.500. The summed E-state index contributed by atoms with van der Waals surface area (Å²) in [4.78, 5) is 14.1. The van der Waals surface area contributed by atoms with Gasteiger partial charge in [0.2, 0.25) is 0 Å². The molecule has 0 radical (unpaired) electrons. The largest absolute Gasteiger partial charge is 0.491 e. The van der Waals surface area contributed by atoms with Gasteiger partial charge in [0.15, 0.2) is 0 Å². The number of ether oxygens (including phenoxy) is 1. The van der Waals surface area contributed by atoms with Crippen LogP contribution in [0.3, 0.4) is 0 Å². The standard InChI is InChI=1S/C14H18FNO2/c1-3-11-9-18-12-6-4-5-10(2)13(12)14(17)16(11)8-7-15/h4-6,11H,3,7-9H2,1-2H3. The second-order valence-electron chi connectivity index (χ2n) is 4.51. The summed E-state index contributed by atoms with van der Waals surface area (Å²) in [6, 6.07) is 5.49. The van der Waals surface area contributed by atoms with Crippen molar-refractivity contribution in [2.45, 2.75) is 26.3 Å². The van der Waals surface area contributed by atoms with E-state index in [1.54, 1.807) is 11.0 Å². The molecule has 1 heterocycles. The molecule has 0 spiro atoms. The quantitative estimate of drug-likeness (QED) is 0.826. The van der Waals surface area contributed by atoms with E-state index in [1.807, 2.05) is 26.0 Å². The first-order valence-corrected chi connectivity index (χ1v) is 6.28. The summed E-state index contributed by atoms with van der Waals surface area (Å²) in [6.07, 6.45) is 0.763. The molecule has 98 valence electrons. The lowest BCUT2D eigenvalue weighted by Crippen LogP contribution is -2.42. The van der Waals surface area contributed by atoms with Crippen molar-refractivity contribution < 1.29 is 13.9 Å². The smallest absolute Gasteiger partial charge is 0.258 e. The van der Waals surface area contributed by atoms with Crippen LogP contribution in [0.15, 0.2) is 18.2 Å². The van der Waals surface area contributed by atoms with Crippen LogP contribution in [-0.4, -0.2) is 36.7 Å². The maximum Gasteiger partial charge on any atom is 0.258 e. The van der Waals surface area contributed by atoms with Gasteiger partial charge in [-0.25, -0.2) is 4.39 Å². The van der Waals surface area contributed by atoms with E-state index in [9.17, 15) is 9.18 Å². The topological polar surface area (TPSA) is 29.5 Å².